The minimum atomic E-state index is -0.139. The number of hydrogen-bond donors (Lipinski definition) is 1. The molecule has 2 heterocycles. The SMILES string of the molecule is COc1ccc(C(=O)NCC2CCN(CC(=O)N3CCCC3)CC2)cc1OCCc1ccc(Cl)cc1Cl. The Hall–Kier alpha value is -2.48. The standard InChI is InChI=1S/C28H35Cl2N3O4/c1-36-25-7-5-22(16-26(25)37-15-10-21-4-6-23(29)17-24(21)30)28(35)31-18-20-8-13-32(14-9-20)19-27(34)33-11-2-3-12-33/h4-7,16-17,20H,2-3,8-15,18-19H2,1H3,(H,31,35). The third kappa shape index (κ3) is 7.76. The van der Waals surface area contributed by atoms with E-state index in [9.17, 15) is 9.59 Å². The van der Waals surface area contributed by atoms with Gasteiger partial charge in [0.2, 0.25) is 5.91 Å². The molecule has 1 N–H and O–H groups in total. The molecule has 200 valence electrons. The van der Waals surface area contributed by atoms with Crippen LogP contribution in [-0.2, 0) is 11.2 Å². The zero-order chi connectivity index (χ0) is 26.2. The van der Waals surface area contributed by atoms with Gasteiger partial charge >= 0.3 is 0 Å². The van der Waals surface area contributed by atoms with Crippen molar-refractivity contribution in [2.24, 2.45) is 5.92 Å². The largest absolute Gasteiger partial charge is 0.493 e. The van der Waals surface area contributed by atoms with Crippen LogP contribution in [0.3, 0.4) is 0 Å². The number of amides is 2. The van der Waals surface area contributed by atoms with Gasteiger partial charge in [-0.1, -0.05) is 29.3 Å². The summed E-state index contributed by atoms with van der Waals surface area (Å²) in [7, 11) is 1.57. The minimum Gasteiger partial charge on any atom is -0.493 e. The number of ether oxygens (including phenoxy) is 2. The van der Waals surface area contributed by atoms with E-state index in [-0.39, 0.29) is 11.8 Å². The lowest BCUT2D eigenvalue weighted by Crippen LogP contribution is -2.44. The lowest BCUT2D eigenvalue weighted by molar-refractivity contribution is -0.131. The number of nitrogens with zero attached hydrogens (tertiary/aromatic N) is 2. The molecule has 0 saturated carbocycles. The summed E-state index contributed by atoms with van der Waals surface area (Å²) in [5.41, 5.74) is 1.46. The first-order valence-electron chi connectivity index (χ1n) is 13.0. The Labute approximate surface area is 229 Å². The summed E-state index contributed by atoms with van der Waals surface area (Å²) >= 11 is 12.2. The highest BCUT2D eigenvalue weighted by molar-refractivity contribution is 6.35. The topological polar surface area (TPSA) is 71.1 Å². The van der Waals surface area contributed by atoms with Crippen LogP contribution >= 0.6 is 23.2 Å². The fourth-order valence-corrected chi connectivity index (χ4v) is 5.37. The van der Waals surface area contributed by atoms with Gasteiger partial charge in [-0.25, -0.2) is 0 Å². The third-order valence-electron chi connectivity index (χ3n) is 7.15. The van der Waals surface area contributed by atoms with Crippen molar-refractivity contribution in [3.8, 4) is 11.5 Å². The molecule has 2 aliphatic heterocycles. The van der Waals surface area contributed by atoms with Crippen LogP contribution in [0.4, 0.5) is 0 Å². The van der Waals surface area contributed by atoms with E-state index < -0.39 is 0 Å². The summed E-state index contributed by atoms with van der Waals surface area (Å²) in [5, 5.41) is 4.26. The second-order valence-corrected chi connectivity index (χ2v) is 10.6. The maximum atomic E-state index is 12.9. The van der Waals surface area contributed by atoms with E-state index in [1.165, 1.54) is 0 Å². The molecule has 0 radical (unpaired) electrons. The van der Waals surface area contributed by atoms with Gasteiger partial charge in [0.05, 0.1) is 20.3 Å². The monoisotopic (exact) mass is 547 g/mol. The summed E-state index contributed by atoms with van der Waals surface area (Å²) in [6.45, 7) is 5.08. The summed E-state index contributed by atoms with van der Waals surface area (Å²) in [6, 6.07) is 10.6. The van der Waals surface area contributed by atoms with Crippen molar-refractivity contribution in [2.45, 2.75) is 32.1 Å². The highest BCUT2D eigenvalue weighted by Gasteiger charge is 2.25. The van der Waals surface area contributed by atoms with Gasteiger partial charge in [0.15, 0.2) is 11.5 Å². The maximum absolute atomic E-state index is 12.9. The van der Waals surface area contributed by atoms with E-state index in [1.54, 1.807) is 37.4 Å². The van der Waals surface area contributed by atoms with Crippen LogP contribution in [0.1, 0.15) is 41.6 Å². The predicted molar refractivity (Wildman–Crippen MR) is 146 cm³/mol. The average Bonchev–Trinajstić information content (AvgIpc) is 3.45. The Morgan fingerprint density at radius 1 is 1.00 bits per heavy atom. The Balaban J connectivity index is 1.23. The van der Waals surface area contributed by atoms with Crippen LogP contribution in [0.15, 0.2) is 36.4 Å². The smallest absolute Gasteiger partial charge is 0.251 e. The Morgan fingerprint density at radius 3 is 2.46 bits per heavy atom. The molecule has 0 unspecified atom stereocenters. The molecule has 2 fully saturated rings. The van der Waals surface area contributed by atoms with Gasteiger partial charge in [-0.3, -0.25) is 14.5 Å². The number of halogens is 2. The Morgan fingerprint density at radius 2 is 1.76 bits per heavy atom. The molecule has 2 aromatic rings. The van der Waals surface area contributed by atoms with Gasteiger partial charge in [-0.2, -0.15) is 0 Å². The number of rotatable bonds is 10. The molecular formula is C28H35Cl2N3O4. The second kappa shape index (κ2) is 13.4. The van der Waals surface area contributed by atoms with E-state index >= 15 is 0 Å². The molecule has 9 heteroatoms. The van der Waals surface area contributed by atoms with Crippen LogP contribution in [0, 0.1) is 5.92 Å². The van der Waals surface area contributed by atoms with Crippen molar-refractivity contribution in [2.75, 3.05) is 53.0 Å². The van der Waals surface area contributed by atoms with Crippen molar-refractivity contribution in [1.29, 1.82) is 0 Å². The lowest BCUT2D eigenvalue weighted by Gasteiger charge is -2.32. The molecule has 2 aliphatic rings. The van der Waals surface area contributed by atoms with Crippen molar-refractivity contribution < 1.29 is 19.1 Å². The van der Waals surface area contributed by atoms with E-state index in [1.807, 2.05) is 11.0 Å². The number of carbonyl (C=O) groups is 2. The Kier molecular flexibility index (Phi) is 9.95. The quantitative estimate of drug-likeness (QED) is 0.467. The van der Waals surface area contributed by atoms with Gasteiger partial charge in [0.1, 0.15) is 0 Å². The average molecular weight is 549 g/mol. The molecule has 37 heavy (non-hydrogen) atoms. The van der Waals surface area contributed by atoms with Crippen molar-refractivity contribution >= 4 is 35.0 Å². The first-order valence-corrected chi connectivity index (χ1v) is 13.7. The van der Waals surface area contributed by atoms with Crippen LogP contribution in [0.2, 0.25) is 10.0 Å². The summed E-state index contributed by atoms with van der Waals surface area (Å²) in [6.07, 6.45) is 4.77. The van der Waals surface area contributed by atoms with Gasteiger partial charge in [-0.15, -0.1) is 0 Å². The summed E-state index contributed by atoms with van der Waals surface area (Å²) in [4.78, 5) is 29.5. The molecule has 2 amide bonds. The molecule has 2 aromatic carbocycles. The van der Waals surface area contributed by atoms with E-state index in [4.69, 9.17) is 32.7 Å². The molecule has 4 rings (SSSR count). The van der Waals surface area contributed by atoms with Crippen LogP contribution in [0.5, 0.6) is 11.5 Å². The molecule has 0 aromatic heterocycles. The fraction of sp³-hybridized carbons (Fsp3) is 0.500. The third-order valence-corrected chi connectivity index (χ3v) is 7.73. The number of nitrogens with one attached hydrogen (secondary N) is 1. The second-order valence-electron chi connectivity index (χ2n) is 9.72. The molecular weight excluding hydrogens is 513 g/mol. The van der Waals surface area contributed by atoms with Gasteiger partial charge in [0.25, 0.3) is 5.91 Å². The van der Waals surface area contributed by atoms with Crippen LogP contribution in [0.25, 0.3) is 0 Å². The number of hydrogen-bond acceptors (Lipinski definition) is 5. The van der Waals surface area contributed by atoms with Gasteiger partial charge in [0, 0.05) is 41.7 Å². The predicted octanol–water partition coefficient (Wildman–Crippen LogP) is 4.69. The molecule has 2 saturated heterocycles. The first-order chi connectivity index (χ1) is 17.9. The molecule has 7 nitrogen and oxygen atoms in total. The molecule has 0 bridgehead atoms. The number of benzene rings is 2. The number of methoxy groups -OCH3 is 1. The summed E-state index contributed by atoms with van der Waals surface area (Å²) in [5.74, 6) is 1.59. The fourth-order valence-electron chi connectivity index (χ4n) is 4.87. The van der Waals surface area contributed by atoms with E-state index in [0.717, 1.165) is 57.4 Å². The van der Waals surface area contributed by atoms with Crippen molar-refractivity contribution in [1.82, 2.24) is 15.1 Å². The van der Waals surface area contributed by atoms with Gasteiger partial charge < -0.3 is 19.7 Å². The number of piperidine rings is 1. The zero-order valence-corrected chi connectivity index (χ0v) is 22.8. The van der Waals surface area contributed by atoms with Crippen molar-refractivity contribution in [3.63, 3.8) is 0 Å². The Bertz CT molecular complexity index is 1080. The normalized spacial score (nSPS) is 16.6. The van der Waals surface area contributed by atoms with E-state index in [2.05, 4.69) is 10.2 Å². The summed E-state index contributed by atoms with van der Waals surface area (Å²) < 4.78 is 11.4. The lowest BCUT2D eigenvalue weighted by atomic mass is 9.96. The number of likely N-dealkylation sites (tertiary alicyclic amines) is 2. The first kappa shape index (κ1) is 27.6. The zero-order valence-electron chi connectivity index (χ0n) is 21.3. The van der Waals surface area contributed by atoms with E-state index in [0.29, 0.717) is 59.1 Å². The molecule has 0 spiro atoms. The highest BCUT2D eigenvalue weighted by Crippen LogP contribution is 2.29. The maximum Gasteiger partial charge on any atom is 0.251 e. The number of carbonyl (C=O) groups excluding carboxylic acids is 2. The van der Waals surface area contributed by atoms with Crippen LogP contribution < -0.4 is 14.8 Å². The minimum absolute atomic E-state index is 0.139. The molecule has 0 aliphatic carbocycles. The van der Waals surface area contributed by atoms with Crippen LogP contribution in [-0.4, -0.2) is 74.6 Å². The van der Waals surface area contributed by atoms with Gasteiger partial charge in [-0.05, 0) is 80.6 Å². The van der Waals surface area contributed by atoms with Crippen molar-refractivity contribution in [3.05, 3.63) is 57.6 Å². The molecule has 0 atom stereocenters. The highest BCUT2D eigenvalue weighted by atomic mass is 35.5.